The number of Topliss-reactive ketones (excluding diaryl/α,β-unsaturated/α-hetero) is 7. The molecule has 0 aromatic rings. The number of hydrogen-bond donors (Lipinski definition) is 0. The minimum Gasteiger partial charge on any atom is -0.299 e. The lowest BCUT2D eigenvalue weighted by Crippen LogP contribution is -2.27. The first-order chi connectivity index (χ1) is 56.5. The number of ketones is 7. The molecular formula is C113H216O7. The van der Waals surface area contributed by atoms with E-state index in [1.165, 1.54) is 257 Å². The van der Waals surface area contributed by atoms with Crippen molar-refractivity contribution in [3.05, 3.63) is 72.9 Å². The molecule has 0 aromatic carbocycles. The molecule has 7 nitrogen and oxygen atoms in total. The lowest BCUT2D eigenvalue weighted by atomic mass is 9.77. The molecule has 0 N–H and O–H groups in total. The molecule has 0 spiro atoms. The summed E-state index contributed by atoms with van der Waals surface area (Å²) < 4.78 is 0. The summed E-state index contributed by atoms with van der Waals surface area (Å²) >= 11 is 0. The van der Waals surface area contributed by atoms with Crippen LogP contribution in [0.2, 0.25) is 0 Å². The molecule has 120 heavy (non-hydrogen) atoms. The van der Waals surface area contributed by atoms with Crippen molar-refractivity contribution in [1.82, 2.24) is 0 Å². The van der Waals surface area contributed by atoms with E-state index < -0.39 is 0 Å². The Morgan fingerprint density at radius 2 is 0.433 bits per heavy atom. The molecule has 0 aliphatic carbocycles. The molecule has 0 atom stereocenters. The summed E-state index contributed by atoms with van der Waals surface area (Å²) in [6.45, 7) is 52.1. The molecule has 0 aliphatic heterocycles. The monoisotopic (exact) mass is 1690 g/mol. The Kier molecular flexibility index (Phi) is 110. The second kappa shape index (κ2) is 101. The van der Waals surface area contributed by atoms with Crippen LogP contribution in [0, 0.1) is 45.8 Å². The third-order valence-corrected chi connectivity index (χ3v) is 21.5. The first kappa shape index (κ1) is 132. The molecule has 0 radical (unpaired) electrons. The van der Waals surface area contributed by atoms with Gasteiger partial charge in [-0.15, -0.1) is 0 Å². The first-order valence-corrected chi connectivity index (χ1v) is 51.1. The molecule has 0 fully saturated rings. The van der Waals surface area contributed by atoms with Crippen LogP contribution in [0.5, 0.6) is 0 Å². The van der Waals surface area contributed by atoms with E-state index >= 15 is 0 Å². The summed E-state index contributed by atoms with van der Waals surface area (Å²) in [4.78, 5) is 80.2. The van der Waals surface area contributed by atoms with Gasteiger partial charge in [-0.25, -0.2) is 0 Å². The van der Waals surface area contributed by atoms with E-state index in [4.69, 9.17) is 0 Å². The Morgan fingerprint density at radius 3 is 0.683 bits per heavy atom. The maximum absolute atomic E-state index is 12.0. The fourth-order valence-corrected chi connectivity index (χ4v) is 12.9. The van der Waals surface area contributed by atoms with Gasteiger partial charge in [-0.05, 0) is 126 Å². The highest BCUT2D eigenvalue weighted by atomic mass is 16.1. The standard InChI is InChI=1S/C21H40O.C21H36O.C19H38O.C15H30O.C14H26O.C11H20O.C11H22O.CH4/c2*1-4-5-6-7-8-9-10-11-12-13-14-15-16-17-18-19-21(22)20(2)3;1-4-5-6-7-8-9-10-11-12-13-14-15-16-17-19(20)18(2)3;1-4-5-6-7-8-9-10-11-12-13-15(16)14(2)3;1-7-8-9-10-14(5,6)12(15)11-13(2,3)4;1-5-6-7-8-10(12)9-11(2,3)4;1-4-5-6-7-8-9-11(12)10(2)3;/h11-12,20H,4-10,13-19H2,1-3H3;8-9,11-12,14-15,20H,4-7,10,13,16-19H2,1-3H3;18H,4-17H2,1-3H3;14H,4-13H2,1-3H3;8-9H,7,10-11H2,1-6H3;6-7H,5,8-9H2,1-4H3;10H,4-9H2,1-3H3;1H4/b12-11-;9-8-,12-11-,15-14-;;;9-8-;7-6-;;. The zero-order valence-electron chi connectivity index (χ0n) is 85.1. The van der Waals surface area contributed by atoms with Crippen molar-refractivity contribution in [2.75, 3.05) is 0 Å². The van der Waals surface area contributed by atoms with Gasteiger partial charge in [-0.1, -0.05) is 472 Å². The maximum atomic E-state index is 12.0. The number of carbonyl (C=O) groups excluding carboxylic acids is 7. The summed E-state index contributed by atoms with van der Waals surface area (Å²) in [7, 11) is 0. The summed E-state index contributed by atoms with van der Waals surface area (Å²) in [5, 5.41) is 0. The summed E-state index contributed by atoms with van der Waals surface area (Å²) in [6, 6.07) is 0. The number of unbranched alkanes of at least 4 members (excludes halogenated alkanes) is 40. The molecule has 0 aliphatic rings. The maximum Gasteiger partial charge on any atom is 0.139 e. The molecule has 0 bridgehead atoms. The van der Waals surface area contributed by atoms with Gasteiger partial charge in [-0.2, -0.15) is 0 Å². The SMILES string of the molecule is C.CC/C=C\CC(=O)CC(C)(C)C.CC/C=C\CC(C)(C)C(=O)CC(C)(C)C.CCCCC/C=C\C/C=C\C/C=C\CCCCC(=O)C(C)C.CCCCCCCC(=O)C(C)C.CCCCCCCC/C=C\CCCCCCCC(=O)C(C)C.CCCCCCCCCCCC(=O)C(C)C.CCCCCCCCCCCCCCCC(=O)C(C)C. The smallest absolute Gasteiger partial charge is 0.139 e. The predicted octanol–water partition coefficient (Wildman–Crippen LogP) is 37.8. The minimum atomic E-state index is -0.209. The average Bonchev–Trinajstić information content (AvgIpc) is 0.863. The Bertz CT molecular complexity index is 2380. The number of hydrogen-bond acceptors (Lipinski definition) is 7. The third-order valence-electron chi connectivity index (χ3n) is 21.5. The molecule has 0 unspecified atom stereocenters. The predicted molar refractivity (Wildman–Crippen MR) is 540 cm³/mol. The largest absolute Gasteiger partial charge is 0.299 e. The molecule has 0 saturated carbocycles. The van der Waals surface area contributed by atoms with Gasteiger partial charge >= 0.3 is 0 Å². The van der Waals surface area contributed by atoms with Crippen molar-refractivity contribution in [3.63, 3.8) is 0 Å². The lowest BCUT2D eigenvalue weighted by molar-refractivity contribution is -0.129. The van der Waals surface area contributed by atoms with Gasteiger partial charge in [0.2, 0.25) is 0 Å². The molecule has 0 heterocycles. The Morgan fingerprint density at radius 1 is 0.233 bits per heavy atom. The van der Waals surface area contributed by atoms with Crippen molar-refractivity contribution < 1.29 is 33.6 Å². The molecule has 0 aromatic heterocycles. The minimum absolute atomic E-state index is 0. The van der Waals surface area contributed by atoms with E-state index in [2.05, 4.69) is 151 Å². The number of rotatable bonds is 72. The Balaban J connectivity index is -0.000000205. The molecule has 0 amide bonds. The Hall–Kier alpha value is -3.87. The van der Waals surface area contributed by atoms with Gasteiger partial charge in [0.1, 0.15) is 40.5 Å². The van der Waals surface area contributed by atoms with Crippen molar-refractivity contribution in [2.24, 2.45) is 45.8 Å². The van der Waals surface area contributed by atoms with Crippen molar-refractivity contribution in [2.45, 2.75) is 566 Å². The highest BCUT2D eigenvalue weighted by Crippen LogP contribution is 2.30. The zero-order valence-corrected chi connectivity index (χ0v) is 85.1. The van der Waals surface area contributed by atoms with Crippen LogP contribution in [0.3, 0.4) is 0 Å². The Labute approximate surface area is 754 Å². The molecule has 0 saturated heterocycles. The van der Waals surface area contributed by atoms with Crippen LogP contribution in [0.4, 0.5) is 0 Å². The van der Waals surface area contributed by atoms with Gasteiger partial charge in [-0.3, -0.25) is 33.6 Å². The number of allylic oxidation sites excluding steroid dienone is 12. The zero-order chi connectivity index (χ0) is 91.3. The van der Waals surface area contributed by atoms with E-state index in [1.807, 2.05) is 95.2 Å². The second-order valence-electron chi connectivity index (χ2n) is 39.3. The van der Waals surface area contributed by atoms with Gasteiger partial charge in [0, 0.05) is 86.4 Å². The fraction of sp³-hybridized carbons (Fsp3) is 0.832. The van der Waals surface area contributed by atoms with Crippen LogP contribution in [-0.2, 0) is 33.6 Å². The summed E-state index contributed by atoms with van der Waals surface area (Å²) in [5.41, 5.74) is 0.0267. The van der Waals surface area contributed by atoms with E-state index in [0.717, 1.165) is 109 Å². The normalized spacial score (nSPS) is 11.7. The van der Waals surface area contributed by atoms with E-state index in [-0.39, 0.29) is 53.3 Å². The lowest BCUT2D eigenvalue weighted by Gasteiger charge is -2.26. The van der Waals surface area contributed by atoms with Crippen LogP contribution < -0.4 is 0 Å². The fourth-order valence-electron chi connectivity index (χ4n) is 12.9. The van der Waals surface area contributed by atoms with E-state index in [1.54, 1.807) is 0 Å². The van der Waals surface area contributed by atoms with Gasteiger partial charge < -0.3 is 0 Å². The first-order valence-electron chi connectivity index (χ1n) is 51.1. The average molecular weight is 1690 g/mol. The highest BCUT2D eigenvalue weighted by molar-refractivity contribution is 5.85. The van der Waals surface area contributed by atoms with Crippen LogP contribution in [0.15, 0.2) is 72.9 Å². The van der Waals surface area contributed by atoms with E-state index in [0.29, 0.717) is 59.7 Å². The molecule has 7 heteroatoms. The molecule has 0 rings (SSSR count). The molecular weight excluding hydrogens is 1470 g/mol. The highest BCUT2D eigenvalue weighted by Gasteiger charge is 2.29. The van der Waals surface area contributed by atoms with Crippen LogP contribution in [0.25, 0.3) is 0 Å². The van der Waals surface area contributed by atoms with Gasteiger partial charge in [0.25, 0.3) is 0 Å². The van der Waals surface area contributed by atoms with Crippen molar-refractivity contribution in [3.8, 4) is 0 Å². The quantitative estimate of drug-likeness (QED) is 0.0439. The molecule has 710 valence electrons. The topological polar surface area (TPSA) is 119 Å². The van der Waals surface area contributed by atoms with Gasteiger partial charge in [0.05, 0.1) is 0 Å². The third kappa shape index (κ3) is 120. The van der Waals surface area contributed by atoms with Crippen LogP contribution in [0.1, 0.15) is 566 Å². The van der Waals surface area contributed by atoms with E-state index in [9.17, 15) is 33.6 Å². The van der Waals surface area contributed by atoms with Crippen molar-refractivity contribution in [1.29, 1.82) is 0 Å². The van der Waals surface area contributed by atoms with Gasteiger partial charge in [0.15, 0.2) is 0 Å². The van der Waals surface area contributed by atoms with Crippen LogP contribution in [-0.4, -0.2) is 40.5 Å². The summed E-state index contributed by atoms with van der Waals surface area (Å²) in [5.74, 6) is 3.94. The number of carbonyl (C=O) groups is 7. The second-order valence-corrected chi connectivity index (χ2v) is 39.3. The van der Waals surface area contributed by atoms with Crippen LogP contribution >= 0.6 is 0 Å². The van der Waals surface area contributed by atoms with Crippen molar-refractivity contribution >= 4 is 40.5 Å². The summed E-state index contributed by atoms with van der Waals surface area (Å²) in [6.07, 6.45) is 98.8.